The average Bonchev–Trinajstić information content (AvgIpc) is 2.92. The van der Waals surface area contributed by atoms with E-state index in [2.05, 4.69) is 156 Å². The summed E-state index contributed by atoms with van der Waals surface area (Å²) in [7, 11) is 0. The number of hydrogen-bond donors (Lipinski definition) is 0. The van der Waals surface area contributed by atoms with Crippen molar-refractivity contribution in [1.82, 2.24) is 0 Å². The Labute approximate surface area is 239 Å². The third-order valence-corrected chi connectivity index (χ3v) is 9.27. The quantitative estimate of drug-likeness (QED) is 0.148. The van der Waals surface area contributed by atoms with Gasteiger partial charge in [-0.25, -0.2) is 0 Å². The summed E-state index contributed by atoms with van der Waals surface area (Å²) < 4.78 is 2.34. The standard InChI is InChI=1S/C20H17Br.C16H9Br/c1-20(2,3)15-10-13-5-4-12-7-9-17(21)16-8-6-14(11-15)18(13)19(12)16;17-14-9-7-12-5-4-10-2-1-3-11-6-8-13(14)16(12)15(10)11/h4-11H,1-3H3;1-9H. The van der Waals surface area contributed by atoms with Crippen molar-refractivity contribution in [3.05, 3.63) is 118 Å². The molecule has 8 aromatic carbocycles. The summed E-state index contributed by atoms with van der Waals surface area (Å²) in [5.41, 5.74) is 1.57. The van der Waals surface area contributed by atoms with E-state index in [1.807, 2.05) is 0 Å². The third-order valence-electron chi connectivity index (χ3n) is 7.89. The molecule has 2 heteroatoms. The maximum absolute atomic E-state index is 3.69. The van der Waals surface area contributed by atoms with E-state index >= 15 is 0 Å². The van der Waals surface area contributed by atoms with Crippen LogP contribution in [-0.4, -0.2) is 0 Å². The van der Waals surface area contributed by atoms with E-state index in [0.717, 1.165) is 0 Å². The van der Waals surface area contributed by atoms with Crippen LogP contribution in [0.1, 0.15) is 26.3 Å². The second kappa shape index (κ2) is 8.66. The summed E-state index contributed by atoms with van der Waals surface area (Å²) >= 11 is 7.33. The minimum absolute atomic E-state index is 0.172. The van der Waals surface area contributed by atoms with Gasteiger partial charge >= 0.3 is 0 Å². The zero-order chi connectivity index (χ0) is 26.2. The van der Waals surface area contributed by atoms with Crippen molar-refractivity contribution < 1.29 is 0 Å². The van der Waals surface area contributed by atoms with Gasteiger partial charge in [-0.05, 0) is 87.7 Å². The highest BCUT2D eigenvalue weighted by molar-refractivity contribution is 9.11. The van der Waals surface area contributed by atoms with Crippen molar-refractivity contribution in [2.45, 2.75) is 26.2 Å². The van der Waals surface area contributed by atoms with E-state index in [1.54, 1.807) is 0 Å². The molecule has 0 nitrogen and oxygen atoms in total. The first-order valence-electron chi connectivity index (χ1n) is 13.0. The number of hydrogen-bond acceptors (Lipinski definition) is 0. The maximum Gasteiger partial charge on any atom is 0.0254 e. The minimum Gasteiger partial charge on any atom is -0.0610 e. The molecule has 0 aliphatic rings. The lowest BCUT2D eigenvalue weighted by molar-refractivity contribution is 0.591. The molecule has 0 saturated heterocycles. The van der Waals surface area contributed by atoms with Gasteiger partial charge in [0.15, 0.2) is 0 Å². The van der Waals surface area contributed by atoms with Gasteiger partial charge in [0.25, 0.3) is 0 Å². The fourth-order valence-electron chi connectivity index (χ4n) is 5.92. The molecule has 8 rings (SSSR count). The Bertz CT molecular complexity index is 2090. The lowest BCUT2D eigenvalue weighted by atomic mass is 9.83. The molecule has 0 aliphatic heterocycles. The maximum atomic E-state index is 3.69. The molecular formula is C36H26Br2. The fourth-order valence-corrected chi connectivity index (χ4v) is 6.84. The second-order valence-electron chi connectivity index (χ2n) is 11.3. The van der Waals surface area contributed by atoms with E-state index < -0.39 is 0 Å². The van der Waals surface area contributed by atoms with Gasteiger partial charge in [-0.15, -0.1) is 0 Å². The molecule has 0 heterocycles. The highest BCUT2D eigenvalue weighted by Crippen LogP contribution is 2.40. The van der Waals surface area contributed by atoms with Crippen LogP contribution in [0.4, 0.5) is 0 Å². The Morgan fingerprint density at radius 3 is 1.29 bits per heavy atom. The van der Waals surface area contributed by atoms with Crippen LogP contribution in [0.3, 0.4) is 0 Å². The summed E-state index contributed by atoms with van der Waals surface area (Å²) in [6.45, 7) is 6.82. The number of halogens is 2. The van der Waals surface area contributed by atoms with Crippen LogP contribution >= 0.6 is 31.9 Å². The Balaban J connectivity index is 0.000000130. The fraction of sp³-hybridized carbons (Fsp3) is 0.111. The van der Waals surface area contributed by atoms with E-state index in [4.69, 9.17) is 0 Å². The zero-order valence-electron chi connectivity index (χ0n) is 21.6. The molecule has 38 heavy (non-hydrogen) atoms. The van der Waals surface area contributed by atoms with Crippen molar-refractivity contribution in [2.24, 2.45) is 0 Å². The van der Waals surface area contributed by atoms with Gasteiger partial charge in [-0.1, -0.05) is 144 Å². The largest absolute Gasteiger partial charge is 0.0610 e. The van der Waals surface area contributed by atoms with E-state index in [0.29, 0.717) is 0 Å². The molecule has 0 fully saturated rings. The molecule has 0 bridgehead atoms. The van der Waals surface area contributed by atoms with Gasteiger partial charge in [0.1, 0.15) is 0 Å². The first kappa shape index (κ1) is 23.9. The minimum atomic E-state index is 0.172. The molecule has 0 N–H and O–H groups in total. The molecule has 0 aliphatic carbocycles. The lowest BCUT2D eigenvalue weighted by Crippen LogP contribution is -2.10. The van der Waals surface area contributed by atoms with Crippen LogP contribution in [-0.2, 0) is 5.41 Å². The Kier molecular flexibility index (Phi) is 5.44. The monoisotopic (exact) mass is 616 g/mol. The topological polar surface area (TPSA) is 0 Å². The first-order chi connectivity index (χ1) is 18.3. The molecule has 0 unspecified atom stereocenters. The molecule has 0 radical (unpaired) electrons. The molecule has 0 amide bonds. The number of benzene rings is 8. The summed E-state index contributed by atoms with van der Waals surface area (Å²) in [6, 6.07) is 37.6. The van der Waals surface area contributed by atoms with E-state index in [1.165, 1.54) is 79.1 Å². The molecular weight excluding hydrogens is 592 g/mol. The van der Waals surface area contributed by atoms with Crippen LogP contribution in [0.15, 0.2) is 112 Å². The van der Waals surface area contributed by atoms with E-state index in [9.17, 15) is 0 Å². The predicted octanol–water partition coefficient (Wildman–Crippen LogP) is 12.0. The first-order valence-corrected chi connectivity index (χ1v) is 14.6. The van der Waals surface area contributed by atoms with Crippen molar-refractivity contribution in [3.63, 3.8) is 0 Å². The third kappa shape index (κ3) is 3.69. The van der Waals surface area contributed by atoms with Crippen molar-refractivity contribution >= 4 is 96.5 Å². The average molecular weight is 618 g/mol. The Morgan fingerprint density at radius 1 is 0.421 bits per heavy atom. The highest BCUT2D eigenvalue weighted by Gasteiger charge is 2.17. The van der Waals surface area contributed by atoms with Crippen molar-refractivity contribution in [2.75, 3.05) is 0 Å². The summed E-state index contributed by atoms with van der Waals surface area (Å²) in [5.74, 6) is 0. The van der Waals surface area contributed by atoms with Gasteiger partial charge < -0.3 is 0 Å². The van der Waals surface area contributed by atoms with Crippen LogP contribution in [0.2, 0.25) is 0 Å². The number of rotatable bonds is 0. The Morgan fingerprint density at radius 2 is 0.789 bits per heavy atom. The van der Waals surface area contributed by atoms with Crippen LogP contribution in [0, 0.1) is 0 Å². The molecule has 0 saturated carbocycles. The van der Waals surface area contributed by atoms with Gasteiger partial charge in [-0.2, -0.15) is 0 Å². The van der Waals surface area contributed by atoms with E-state index in [-0.39, 0.29) is 5.41 Å². The van der Waals surface area contributed by atoms with Crippen LogP contribution in [0.5, 0.6) is 0 Å². The summed E-state index contributed by atoms with van der Waals surface area (Å²) in [6.07, 6.45) is 0. The molecule has 0 spiro atoms. The highest BCUT2D eigenvalue weighted by atomic mass is 79.9. The van der Waals surface area contributed by atoms with Crippen molar-refractivity contribution in [1.29, 1.82) is 0 Å². The normalized spacial score (nSPS) is 12.3. The smallest absolute Gasteiger partial charge is 0.0254 e. The lowest BCUT2D eigenvalue weighted by Gasteiger charge is -2.21. The van der Waals surface area contributed by atoms with Gasteiger partial charge in [-0.3, -0.25) is 0 Å². The van der Waals surface area contributed by atoms with Gasteiger partial charge in [0.05, 0.1) is 0 Å². The zero-order valence-corrected chi connectivity index (χ0v) is 24.7. The van der Waals surface area contributed by atoms with Crippen LogP contribution < -0.4 is 0 Å². The second-order valence-corrected chi connectivity index (χ2v) is 13.0. The molecule has 0 atom stereocenters. The van der Waals surface area contributed by atoms with Crippen molar-refractivity contribution in [3.8, 4) is 0 Å². The SMILES string of the molecule is Brc1ccc2ccc3cccc4ccc1c2c34.CC(C)(C)c1cc2ccc3ccc(Br)c4ccc(c1)c2c34. The molecule has 0 aromatic heterocycles. The molecule has 8 aromatic rings. The summed E-state index contributed by atoms with van der Waals surface area (Å²) in [4.78, 5) is 0. The summed E-state index contributed by atoms with van der Waals surface area (Å²) in [5, 5.41) is 16.1. The van der Waals surface area contributed by atoms with Gasteiger partial charge in [0, 0.05) is 8.95 Å². The van der Waals surface area contributed by atoms with Gasteiger partial charge in [0.2, 0.25) is 0 Å². The van der Waals surface area contributed by atoms with Crippen LogP contribution in [0.25, 0.3) is 64.6 Å². The Hall–Kier alpha value is -3.20. The molecule has 184 valence electrons. The predicted molar refractivity (Wildman–Crippen MR) is 174 cm³/mol.